The van der Waals surface area contributed by atoms with Gasteiger partial charge in [0, 0.05) is 28.4 Å². The number of ether oxygens (including phenoxy) is 4. The van der Waals surface area contributed by atoms with Crippen LogP contribution in [0.4, 0.5) is 4.79 Å². The summed E-state index contributed by atoms with van der Waals surface area (Å²) in [4.78, 5) is 63.8. The van der Waals surface area contributed by atoms with Crippen molar-refractivity contribution in [3.8, 4) is 0 Å². The maximum Gasteiger partial charge on any atom is 0.326 e. The lowest BCUT2D eigenvalue weighted by atomic mass is 10.1. The van der Waals surface area contributed by atoms with Gasteiger partial charge in [-0.1, -0.05) is 70.0 Å². The van der Waals surface area contributed by atoms with Crippen LogP contribution in [-0.2, 0) is 54.7 Å². The van der Waals surface area contributed by atoms with E-state index in [9.17, 15) is 42.6 Å². The maximum atomic E-state index is 13.5. The molecule has 23 heteroatoms. The number of rotatable bonds is 12. The van der Waals surface area contributed by atoms with Crippen LogP contribution < -0.4 is 24.9 Å². The number of carbonyl (C=O) groups is 1. The molecule has 2 amide bonds. The van der Waals surface area contributed by atoms with Crippen LogP contribution in [0.25, 0.3) is 16.5 Å². The van der Waals surface area contributed by atoms with Gasteiger partial charge in [-0.15, -0.1) is 0 Å². The van der Waals surface area contributed by atoms with E-state index in [1.54, 1.807) is 6.08 Å². The van der Waals surface area contributed by atoms with E-state index in [-0.39, 0.29) is 5.92 Å². The second kappa shape index (κ2) is 14.6. The monoisotopic (exact) mass is 832 g/mol. The van der Waals surface area contributed by atoms with Gasteiger partial charge in [0.2, 0.25) is 6.23 Å². The van der Waals surface area contributed by atoms with E-state index in [2.05, 4.69) is 18.2 Å². The maximum absolute atomic E-state index is 13.5. The average molecular weight is 833 g/mol. The minimum absolute atomic E-state index is 0.0107. The minimum atomic E-state index is -6.37. The molecule has 1 saturated carbocycles. The number of amides is 2. The smallest absolute Gasteiger partial charge is 0.326 e. The highest BCUT2D eigenvalue weighted by Crippen LogP contribution is 2.69. The molecular formula is C31H36N2O17P4-4. The molecule has 2 saturated heterocycles. The van der Waals surface area contributed by atoms with Crippen molar-refractivity contribution in [2.75, 3.05) is 6.61 Å². The standard InChI is InChI=1S/C31H40N2O17P4/c1-31(2,3)51(35,36)48-53(39,40)50-54(41,42)49-52(37,38)43-17-24-25-26(47-29(46-25)19-9-5-6-10-19)28(45-24)33-16-22-15-23(44-27(22)32-30(33)34)21-13-12-18-8-4-7-11-20(18)14-21/h4,7-8,11-16,19,24-29H,5-6,9-10,17H2,1-3H3,(H,32,34)(H,35,36)(H,37,38)(H,39,40)(H,41,42)/p-4/t24-,25+,26?,27?,28-,29?/m1/s1. The zero-order valence-corrected chi connectivity index (χ0v) is 32.5. The van der Waals surface area contributed by atoms with Crippen molar-refractivity contribution in [1.29, 1.82) is 0 Å². The van der Waals surface area contributed by atoms with Gasteiger partial charge >= 0.3 is 6.03 Å². The quantitative estimate of drug-likeness (QED) is 0.301. The SMILES string of the molecule is CC(C)(C)P(=O)([O-])OP(=O)([O-])OP(=O)([O-])OP(=O)([O-])OC[C@H]1O[C@@H](N2C=C3C=C(c4ccc5ccccc5c4)OC3NC2=O)C2OC(C3CCCC3)O[C@H]21. The summed E-state index contributed by atoms with van der Waals surface area (Å²) in [5.41, 5.74) is 1.35. The number of phosphoric ester groups is 1. The van der Waals surface area contributed by atoms with Crippen molar-refractivity contribution in [2.45, 2.75) is 88.7 Å². The number of fused-ring (bicyclic) bond motifs is 3. The number of nitrogens with one attached hydrogen (secondary N) is 1. The van der Waals surface area contributed by atoms with Gasteiger partial charge in [-0.25, -0.2) is 13.4 Å². The number of urea groups is 1. The predicted octanol–water partition coefficient (Wildman–Crippen LogP) is 3.29. The Morgan fingerprint density at radius 1 is 0.852 bits per heavy atom. The highest BCUT2D eigenvalue weighted by molar-refractivity contribution is 7.69. The van der Waals surface area contributed by atoms with Crippen molar-refractivity contribution in [1.82, 2.24) is 10.2 Å². The summed E-state index contributed by atoms with van der Waals surface area (Å²) < 4.78 is 89.9. The predicted molar refractivity (Wildman–Crippen MR) is 179 cm³/mol. The fraction of sp³-hybridized carbons (Fsp3) is 0.516. The van der Waals surface area contributed by atoms with Crippen LogP contribution in [0.2, 0.25) is 0 Å². The average Bonchev–Trinajstić information content (AvgIpc) is 3.86. The first-order valence-corrected chi connectivity index (χ1v) is 22.8. The van der Waals surface area contributed by atoms with Crippen LogP contribution in [0.3, 0.4) is 0 Å². The topological polar surface area (TPSA) is 267 Å². The Balaban J connectivity index is 1.06. The number of hydrogen-bond acceptors (Lipinski definition) is 17. The Morgan fingerprint density at radius 3 is 2.20 bits per heavy atom. The van der Waals surface area contributed by atoms with Gasteiger partial charge in [0.25, 0.3) is 23.5 Å². The number of nitrogens with zero attached hydrogens (tertiary/aromatic N) is 1. The Morgan fingerprint density at radius 2 is 1.50 bits per heavy atom. The molecule has 4 aliphatic heterocycles. The molecule has 0 radical (unpaired) electrons. The molecule has 0 aromatic heterocycles. The molecule has 2 aromatic carbocycles. The third kappa shape index (κ3) is 8.52. The van der Waals surface area contributed by atoms with Crippen LogP contribution >= 0.6 is 31.1 Å². The first-order chi connectivity index (χ1) is 25.2. The molecule has 1 aliphatic carbocycles. The van der Waals surface area contributed by atoms with Crippen LogP contribution in [0, 0.1) is 5.92 Å². The Hall–Kier alpha value is -2.27. The molecule has 19 nitrogen and oxygen atoms in total. The van der Waals surface area contributed by atoms with E-state index in [4.69, 9.17) is 23.5 Å². The van der Waals surface area contributed by atoms with E-state index in [0.29, 0.717) is 11.3 Å². The van der Waals surface area contributed by atoms with Gasteiger partial charge in [-0.3, -0.25) is 28.2 Å². The highest BCUT2D eigenvalue weighted by atomic mass is 31.3. The van der Waals surface area contributed by atoms with Gasteiger partial charge in [-0.2, -0.15) is 0 Å². The molecule has 10 atom stereocenters. The second-order valence-electron chi connectivity index (χ2n) is 14.3. The fourth-order valence-electron chi connectivity index (χ4n) is 6.65. The molecule has 2 aromatic rings. The molecule has 54 heavy (non-hydrogen) atoms. The Kier molecular flexibility index (Phi) is 10.8. The summed E-state index contributed by atoms with van der Waals surface area (Å²) in [5.74, 6) is 0.524. The van der Waals surface area contributed by atoms with Crippen molar-refractivity contribution in [3.63, 3.8) is 0 Å². The van der Waals surface area contributed by atoms with Crippen molar-refractivity contribution < 1.29 is 79.0 Å². The minimum Gasteiger partial charge on any atom is -0.778 e. The van der Waals surface area contributed by atoms with Crippen LogP contribution in [-0.4, -0.2) is 59.8 Å². The summed E-state index contributed by atoms with van der Waals surface area (Å²) in [5, 5.41) is 3.01. The van der Waals surface area contributed by atoms with Crippen molar-refractivity contribution in [2.24, 2.45) is 5.92 Å². The summed E-state index contributed by atoms with van der Waals surface area (Å²) in [6.45, 7) is 2.26. The summed E-state index contributed by atoms with van der Waals surface area (Å²) in [7, 11) is -23.8. The summed E-state index contributed by atoms with van der Waals surface area (Å²) in [6.07, 6.45) is 0.817. The lowest BCUT2D eigenvalue weighted by Crippen LogP contribution is -2.54. The summed E-state index contributed by atoms with van der Waals surface area (Å²) >= 11 is 0. The normalized spacial score (nSPS) is 31.7. The Labute approximate surface area is 309 Å². The second-order valence-corrected chi connectivity index (χ2v) is 21.5. The van der Waals surface area contributed by atoms with Gasteiger partial charge in [-0.05, 0) is 35.8 Å². The molecule has 3 fully saturated rings. The molecule has 296 valence electrons. The van der Waals surface area contributed by atoms with Gasteiger partial charge in [0.15, 0.2) is 12.5 Å². The lowest BCUT2D eigenvalue weighted by molar-refractivity contribution is -0.252. The zero-order valence-electron chi connectivity index (χ0n) is 28.9. The fourth-order valence-corrected chi connectivity index (χ4v) is 11.9. The third-order valence-electron chi connectivity index (χ3n) is 9.41. The molecule has 0 bridgehead atoms. The van der Waals surface area contributed by atoms with Gasteiger partial charge < -0.3 is 47.6 Å². The van der Waals surface area contributed by atoms with Crippen molar-refractivity contribution in [3.05, 3.63) is 65.9 Å². The molecule has 7 rings (SSSR count). The Bertz CT molecular complexity index is 2070. The van der Waals surface area contributed by atoms with Crippen LogP contribution in [0.15, 0.2) is 60.3 Å². The van der Waals surface area contributed by atoms with Crippen molar-refractivity contribution >= 4 is 53.6 Å². The highest BCUT2D eigenvalue weighted by Gasteiger charge is 2.57. The molecule has 7 unspecified atom stereocenters. The largest absolute Gasteiger partial charge is 0.778 e. The van der Waals surface area contributed by atoms with Gasteiger partial charge in [0.05, 0.1) is 6.61 Å². The molecule has 4 heterocycles. The summed E-state index contributed by atoms with van der Waals surface area (Å²) in [6, 6.07) is 13.0. The third-order valence-corrected chi connectivity index (χ3v) is 16.4. The van der Waals surface area contributed by atoms with E-state index in [0.717, 1.165) is 62.8 Å². The van der Waals surface area contributed by atoms with E-state index in [1.807, 2.05) is 42.5 Å². The molecule has 1 N–H and O–H groups in total. The van der Waals surface area contributed by atoms with E-state index >= 15 is 0 Å². The first kappa shape index (κ1) is 39.9. The van der Waals surface area contributed by atoms with E-state index in [1.165, 1.54) is 11.1 Å². The molecular weight excluding hydrogens is 796 g/mol. The number of phosphoric acid groups is 3. The number of benzene rings is 2. The van der Waals surface area contributed by atoms with E-state index < -0.39 is 85.9 Å². The molecule has 5 aliphatic rings. The van der Waals surface area contributed by atoms with Crippen LogP contribution in [0.5, 0.6) is 0 Å². The number of carbonyl (C=O) groups excluding carboxylic acids is 1. The zero-order chi connectivity index (χ0) is 38.8. The van der Waals surface area contributed by atoms with Crippen LogP contribution in [0.1, 0.15) is 52.0 Å². The molecule has 0 spiro atoms. The lowest BCUT2D eigenvalue weighted by Gasteiger charge is -2.41. The number of hydrogen-bond donors (Lipinski definition) is 1. The first-order valence-electron chi connectivity index (χ1n) is 16.9. The van der Waals surface area contributed by atoms with Gasteiger partial charge in [0.1, 0.15) is 31.7 Å².